The third-order valence-corrected chi connectivity index (χ3v) is 2.39. The summed E-state index contributed by atoms with van der Waals surface area (Å²) >= 11 is 0. The minimum Gasteiger partial charge on any atom is -0.481 e. The van der Waals surface area contributed by atoms with Gasteiger partial charge in [-0.25, -0.2) is 4.98 Å². The molecule has 5 nitrogen and oxygen atoms in total. The summed E-state index contributed by atoms with van der Waals surface area (Å²) in [6.45, 7) is 1.95. The molecule has 0 aliphatic heterocycles. The van der Waals surface area contributed by atoms with Crippen LogP contribution in [0.15, 0.2) is 47.1 Å². The van der Waals surface area contributed by atoms with Gasteiger partial charge in [-0.1, -0.05) is 6.07 Å². The number of H-pyrrole nitrogens is 1. The van der Waals surface area contributed by atoms with Gasteiger partial charge in [0, 0.05) is 12.4 Å². The molecule has 3 rings (SSSR count). The van der Waals surface area contributed by atoms with Crippen molar-refractivity contribution in [1.29, 1.82) is 0 Å². The van der Waals surface area contributed by atoms with E-state index in [4.69, 9.17) is 9.52 Å². The number of carboxylic acids is 1. The molecule has 0 amide bonds. The first-order valence-electron chi connectivity index (χ1n) is 5.81. The van der Waals surface area contributed by atoms with Crippen LogP contribution in [0.1, 0.15) is 11.5 Å². The van der Waals surface area contributed by atoms with E-state index in [1.54, 1.807) is 6.07 Å². The summed E-state index contributed by atoms with van der Waals surface area (Å²) in [5.74, 6) is -0.689. The zero-order valence-corrected chi connectivity index (χ0v) is 10.5. The molecular formula is C14H14N2O3. The first-order chi connectivity index (χ1) is 9.15. The molecule has 0 radical (unpaired) electrons. The Morgan fingerprint density at radius 2 is 2.11 bits per heavy atom. The van der Waals surface area contributed by atoms with Crippen LogP contribution in [0.2, 0.25) is 0 Å². The number of carboxylic acid groups (broad SMARTS) is 1. The lowest BCUT2D eigenvalue weighted by Crippen LogP contribution is -1.99. The van der Waals surface area contributed by atoms with Gasteiger partial charge >= 0.3 is 5.97 Å². The Balaban J connectivity index is 0.000000224. The SMILES string of the molecule is Cc1ccc2oc(CC(=O)O)nc2c1.c1cc[nH]c1. The van der Waals surface area contributed by atoms with Gasteiger partial charge in [-0.2, -0.15) is 0 Å². The number of hydrogen-bond donors (Lipinski definition) is 2. The molecular weight excluding hydrogens is 244 g/mol. The molecule has 5 heteroatoms. The van der Waals surface area contributed by atoms with Crippen molar-refractivity contribution in [3.05, 3.63) is 54.2 Å². The number of aliphatic carboxylic acids is 1. The highest BCUT2D eigenvalue weighted by Gasteiger charge is 2.08. The van der Waals surface area contributed by atoms with E-state index in [-0.39, 0.29) is 12.3 Å². The van der Waals surface area contributed by atoms with Gasteiger partial charge in [-0.3, -0.25) is 4.79 Å². The summed E-state index contributed by atoms with van der Waals surface area (Å²) in [5.41, 5.74) is 2.42. The van der Waals surface area contributed by atoms with Gasteiger partial charge in [-0.15, -0.1) is 0 Å². The molecule has 0 aliphatic carbocycles. The van der Waals surface area contributed by atoms with Gasteiger partial charge in [0.2, 0.25) is 5.89 Å². The van der Waals surface area contributed by atoms with E-state index < -0.39 is 5.97 Å². The van der Waals surface area contributed by atoms with Gasteiger partial charge in [0.1, 0.15) is 11.9 Å². The zero-order valence-electron chi connectivity index (χ0n) is 10.5. The number of rotatable bonds is 2. The van der Waals surface area contributed by atoms with E-state index in [1.165, 1.54) is 0 Å². The molecule has 19 heavy (non-hydrogen) atoms. The fourth-order valence-electron chi connectivity index (χ4n) is 1.57. The Kier molecular flexibility index (Phi) is 3.97. The van der Waals surface area contributed by atoms with Crippen LogP contribution in [0.3, 0.4) is 0 Å². The Bertz CT molecular complexity index is 639. The predicted octanol–water partition coefficient (Wildman–Crippen LogP) is 2.78. The summed E-state index contributed by atoms with van der Waals surface area (Å²) in [7, 11) is 0. The molecule has 0 saturated carbocycles. The molecule has 0 spiro atoms. The Morgan fingerprint density at radius 1 is 1.37 bits per heavy atom. The van der Waals surface area contributed by atoms with E-state index in [2.05, 4.69) is 9.97 Å². The van der Waals surface area contributed by atoms with Crippen molar-refractivity contribution in [2.45, 2.75) is 13.3 Å². The number of benzene rings is 1. The lowest BCUT2D eigenvalue weighted by atomic mass is 10.2. The smallest absolute Gasteiger partial charge is 0.312 e. The van der Waals surface area contributed by atoms with E-state index >= 15 is 0 Å². The van der Waals surface area contributed by atoms with Crippen molar-refractivity contribution in [2.75, 3.05) is 0 Å². The highest BCUT2D eigenvalue weighted by molar-refractivity contribution is 5.75. The third kappa shape index (κ3) is 3.70. The fourth-order valence-corrected chi connectivity index (χ4v) is 1.57. The van der Waals surface area contributed by atoms with Crippen LogP contribution < -0.4 is 0 Å². The summed E-state index contributed by atoms with van der Waals surface area (Å²) in [6, 6.07) is 9.45. The minimum absolute atomic E-state index is 0.173. The molecule has 3 aromatic rings. The van der Waals surface area contributed by atoms with Gasteiger partial charge in [-0.05, 0) is 36.8 Å². The maximum atomic E-state index is 10.4. The predicted molar refractivity (Wildman–Crippen MR) is 70.9 cm³/mol. The van der Waals surface area contributed by atoms with Crippen LogP contribution in [0, 0.1) is 6.92 Å². The lowest BCUT2D eigenvalue weighted by Gasteiger charge is -1.87. The number of nitrogens with zero attached hydrogens (tertiary/aromatic N) is 1. The van der Waals surface area contributed by atoms with Crippen LogP contribution in [0.25, 0.3) is 11.1 Å². The molecule has 0 atom stereocenters. The summed E-state index contributed by atoms with van der Waals surface area (Å²) in [5, 5.41) is 8.55. The Labute approximate surface area is 109 Å². The summed E-state index contributed by atoms with van der Waals surface area (Å²) < 4.78 is 5.24. The number of oxazole rings is 1. The molecule has 0 aliphatic rings. The second-order valence-corrected chi connectivity index (χ2v) is 4.03. The number of aromatic nitrogens is 2. The summed E-state index contributed by atoms with van der Waals surface area (Å²) in [4.78, 5) is 17.3. The maximum Gasteiger partial charge on any atom is 0.312 e. The van der Waals surface area contributed by atoms with Crippen molar-refractivity contribution in [2.24, 2.45) is 0 Å². The topological polar surface area (TPSA) is 79.1 Å². The van der Waals surface area contributed by atoms with Crippen LogP contribution in [0.5, 0.6) is 0 Å². The molecule has 0 bridgehead atoms. The standard InChI is InChI=1S/C10H9NO3.C4H5N/c1-6-2-3-8-7(4-6)11-9(14-8)5-10(12)13;1-2-4-5-3-1/h2-4H,5H2,1H3,(H,12,13);1-5H. The molecule has 0 unspecified atom stereocenters. The lowest BCUT2D eigenvalue weighted by molar-refractivity contribution is -0.136. The van der Waals surface area contributed by atoms with Gasteiger partial charge in [0.25, 0.3) is 0 Å². The molecule has 0 saturated heterocycles. The number of aromatic amines is 1. The van der Waals surface area contributed by atoms with Crippen LogP contribution >= 0.6 is 0 Å². The van der Waals surface area contributed by atoms with Gasteiger partial charge < -0.3 is 14.5 Å². The minimum atomic E-state index is -0.937. The highest BCUT2D eigenvalue weighted by atomic mass is 16.4. The molecule has 2 heterocycles. The third-order valence-electron chi connectivity index (χ3n) is 2.39. The highest BCUT2D eigenvalue weighted by Crippen LogP contribution is 2.16. The van der Waals surface area contributed by atoms with Crippen molar-refractivity contribution >= 4 is 17.1 Å². The average Bonchev–Trinajstić information content (AvgIpc) is 2.98. The molecule has 2 aromatic heterocycles. The number of nitrogens with one attached hydrogen (secondary N) is 1. The van der Waals surface area contributed by atoms with Gasteiger partial charge in [0.05, 0.1) is 0 Å². The van der Waals surface area contributed by atoms with E-state index in [0.717, 1.165) is 5.56 Å². The monoisotopic (exact) mass is 258 g/mol. The quantitative estimate of drug-likeness (QED) is 0.740. The zero-order chi connectivity index (χ0) is 13.7. The second-order valence-electron chi connectivity index (χ2n) is 4.03. The van der Waals surface area contributed by atoms with Crippen LogP contribution in [0.4, 0.5) is 0 Å². The number of hydrogen-bond acceptors (Lipinski definition) is 3. The van der Waals surface area contributed by atoms with Crippen molar-refractivity contribution < 1.29 is 14.3 Å². The summed E-state index contributed by atoms with van der Waals surface area (Å²) in [6.07, 6.45) is 3.58. The Morgan fingerprint density at radius 3 is 2.68 bits per heavy atom. The molecule has 98 valence electrons. The van der Waals surface area contributed by atoms with E-state index in [0.29, 0.717) is 11.1 Å². The first-order valence-corrected chi connectivity index (χ1v) is 5.81. The van der Waals surface area contributed by atoms with E-state index in [9.17, 15) is 4.79 Å². The normalized spacial score (nSPS) is 9.95. The number of fused-ring (bicyclic) bond motifs is 1. The second kappa shape index (κ2) is 5.86. The maximum absolute atomic E-state index is 10.4. The largest absolute Gasteiger partial charge is 0.481 e. The number of carbonyl (C=O) groups is 1. The average molecular weight is 258 g/mol. The van der Waals surface area contributed by atoms with Crippen molar-refractivity contribution in [1.82, 2.24) is 9.97 Å². The fraction of sp³-hybridized carbons (Fsp3) is 0.143. The molecule has 0 fully saturated rings. The van der Waals surface area contributed by atoms with Crippen molar-refractivity contribution in [3.8, 4) is 0 Å². The number of aryl methyl sites for hydroxylation is 1. The van der Waals surface area contributed by atoms with Crippen LogP contribution in [-0.4, -0.2) is 21.0 Å². The first kappa shape index (κ1) is 12.9. The Hall–Kier alpha value is -2.56. The van der Waals surface area contributed by atoms with Crippen molar-refractivity contribution in [3.63, 3.8) is 0 Å². The van der Waals surface area contributed by atoms with Gasteiger partial charge in [0.15, 0.2) is 5.58 Å². The van der Waals surface area contributed by atoms with E-state index in [1.807, 2.05) is 43.6 Å². The molecule has 1 aromatic carbocycles. The molecule has 2 N–H and O–H groups in total. The van der Waals surface area contributed by atoms with Crippen LogP contribution in [-0.2, 0) is 11.2 Å².